The van der Waals surface area contributed by atoms with Crippen LogP contribution in [0.15, 0.2) is 18.2 Å². The van der Waals surface area contributed by atoms with Crippen LogP contribution in [0.25, 0.3) is 0 Å². The smallest absolute Gasteiger partial charge is 0.335 e. The minimum atomic E-state index is -0.693. The van der Waals surface area contributed by atoms with Crippen molar-refractivity contribution in [3.8, 4) is 18.1 Å². The molecule has 0 aromatic heterocycles. The first kappa shape index (κ1) is 20.5. The number of hydrogen-bond donors (Lipinski definition) is 1. The van der Waals surface area contributed by atoms with Crippen LogP contribution in [0.5, 0.6) is 5.75 Å². The first-order valence-electron chi connectivity index (χ1n) is 8.13. The highest BCUT2D eigenvalue weighted by Gasteiger charge is 2.23. The zero-order chi connectivity index (χ0) is 18.8. The SMILES string of the molecule is C#CC(=O)NCc1cc(CC(OC(C)C)C(=O)OCC)ccc1OC. The van der Waals surface area contributed by atoms with Gasteiger partial charge in [-0.3, -0.25) is 4.79 Å². The number of carbonyl (C=O) groups is 2. The molecule has 1 unspecified atom stereocenters. The summed E-state index contributed by atoms with van der Waals surface area (Å²) in [5.41, 5.74) is 1.63. The molecule has 0 aliphatic heterocycles. The van der Waals surface area contributed by atoms with E-state index >= 15 is 0 Å². The van der Waals surface area contributed by atoms with Crippen LogP contribution >= 0.6 is 0 Å². The van der Waals surface area contributed by atoms with Gasteiger partial charge in [0.1, 0.15) is 5.75 Å². The lowest BCUT2D eigenvalue weighted by Gasteiger charge is -2.19. The Labute approximate surface area is 148 Å². The molecule has 1 N–H and O–H groups in total. The third-order valence-corrected chi connectivity index (χ3v) is 3.32. The number of hydrogen-bond acceptors (Lipinski definition) is 5. The van der Waals surface area contributed by atoms with E-state index in [-0.39, 0.29) is 12.6 Å². The van der Waals surface area contributed by atoms with Crippen LogP contribution in [0, 0.1) is 12.3 Å². The van der Waals surface area contributed by atoms with Gasteiger partial charge in [-0.1, -0.05) is 12.1 Å². The summed E-state index contributed by atoms with van der Waals surface area (Å²) in [6.45, 7) is 6.00. The Kier molecular flexibility index (Phi) is 8.51. The van der Waals surface area contributed by atoms with Gasteiger partial charge in [0.05, 0.1) is 19.8 Å². The van der Waals surface area contributed by atoms with Gasteiger partial charge in [0.25, 0.3) is 5.91 Å². The van der Waals surface area contributed by atoms with Crippen LogP contribution in [0.2, 0.25) is 0 Å². The monoisotopic (exact) mass is 347 g/mol. The Morgan fingerprint density at radius 3 is 2.60 bits per heavy atom. The summed E-state index contributed by atoms with van der Waals surface area (Å²) in [6, 6.07) is 5.48. The zero-order valence-corrected chi connectivity index (χ0v) is 15.1. The molecular formula is C19H25NO5. The molecule has 1 rings (SSSR count). The maximum atomic E-state index is 12.1. The molecule has 0 saturated carbocycles. The number of benzene rings is 1. The molecule has 1 aromatic rings. The van der Waals surface area contributed by atoms with Gasteiger partial charge in [-0.05, 0) is 38.3 Å². The van der Waals surface area contributed by atoms with Crippen molar-refractivity contribution in [2.24, 2.45) is 0 Å². The Morgan fingerprint density at radius 2 is 2.04 bits per heavy atom. The van der Waals surface area contributed by atoms with E-state index in [0.29, 0.717) is 18.8 Å². The van der Waals surface area contributed by atoms with Gasteiger partial charge >= 0.3 is 5.97 Å². The number of ether oxygens (including phenoxy) is 3. The molecule has 6 nitrogen and oxygen atoms in total. The van der Waals surface area contributed by atoms with Crippen LogP contribution in [-0.2, 0) is 32.0 Å². The lowest BCUT2D eigenvalue weighted by molar-refractivity contribution is -0.159. The zero-order valence-electron chi connectivity index (χ0n) is 15.1. The minimum absolute atomic E-state index is 0.109. The summed E-state index contributed by atoms with van der Waals surface area (Å²) >= 11 is 0. The molecule has 0 heterocycles. The van der Waals surface area contributed by atoms with E-state index in [4.69, 9.17) is 20.6 Å². The predicted octanol–water partition coefficient (Wildman–Crippen LogP) is 1.84. The number of carbonyl (C=O) groups excluding carboxylic acids is 2. The second kappa shape index (κ2) is 10.4. The predicted molar refractivity (Wildman–Crippen MR) is 94.0 cm³/mol. The van der Waals surface area contributed by atoms with Gasteiger partial charge in [-0.25, -0.2) is 4.79 Å². The largest absolute Gasteiger partial charge is 0.496 e. The fourth-order valence-electron chi connectivity index (χ4n) is 2.29. The molecule has 136 valence electrons. The summed E-state index contributed by atoms with van der Waals surface area (Å²) in [7, 11) is 1.55. The van der Waals surface area contributed by atoms with Crippen LogP contribution in [-0.4, -0.2) is 37.8 Å². The average Bonchev–Trinajstić information content (AvgIpc) is 2.59. The molecule has 1 atom stereocenters. The lowest BCUT2D eigenvalue weighted by Crippen LogP contribution is -2.31. The number of terminal acetylenes is 1. The summed E-state index contributed by atoms with van der Waals surface area (Å²) in [5.74, 6) is 1.73. The van der Waals surface area contributed by atoms with Gasteiger partial charge in [-0.2, -0.15) is 0 Å². The van der Waals surface area contributed by atoms with Crippen molar-refractivity contribution in [2.75, 3.05) is 13.7 Å². The van der Waals surface area contributed by atoms with Crippen molar-refractivity contribution in [1.29, 1.82) is 0 Å². The van der Waals surface area contributed by atoms with E-state index in [0.717, 1.165) is 11.1 Å². The van der Waals surface area contributed by atoms with Gasteiger partial charge in [0.15, 0.2) is 6.10 Å². The summed E-state index contributed by atoms with van der Waals surface area (Å²) in [5, 5.41) is 2.60. The van der Waals surface area contributed by atoms with E-state index in [1.807, 2.05) is 31.9 Å². The number of esters is 1. The molecule has 6 heteroatoms. The summed E-state index contributed by atoms with van der Waals surface area (Å²) in [6.07, 6.45) is 4.61. The van der Waals surface area contributed by atoms with Crippen LogP contribution in [0.4, 0.5) is 0 Å². The first-order chi connectivity index (χ1) is 11.9. The van der Waals surface area contributed by atoms with Crippen molar-refractivity contribution in [3.63, 3.8) is 0 Å². The van der Waals surface area contributed by atoms with Crippen molar-refractivity contribution < 1.29 is 23.8 Å². The highest BCUT2D eigenvalue weighted by atomic mass is 16.6. The Bertz CT molecular complexity index is 633. The number of nitrogens with one attached hydrogen (secondary N) is 1. The molecule has 0 saturated heterocycles. The van der Waals surface area contributed by atoms with E-state index in [1.54, 1.807) is 20.1 Å². The first-order valence-corrected chi connectivity index (χ1v) is 8.13. The van der Waals surface area contributed by atoms with Gasteiger partial charge in [0, 0.05) is 18.5 Å². The Balaban J connectivity index is 2.96. The fraction of sp³-hybridized carbons (Fsp3) is 0.474. The second-order valence-electron chi connectivity index (χ2n) is 5.60. The molecule has 0 bridgehead atoms. The molecule has 1 amide bonds. The van der Waals surface area contributed by atoms with Crippen molar-refractivity contribution >= 4 is 11.9 Å². The topological polar surface area (TPSA) is 73.9 Å². The average molecular weight is 347 g/mol. The van der Waals surface area contributed by atoms with E-state index in [9.17, 15) is 9.59 Å². The molecule has 25 heavy (non-hydrogen) atoms. The molecule has 1 aromatic carbocycles. The van der Waals surface area contributed by atoms with Crippen LogP contribution in [0.1, 0.15) is 31.9 Å². The van der Waals surface area contributed by atoms with Crippen molar-refractivity contribution in [2.45, 2.75) is 45.9 Å². The maximum absolute atomic E-state index is 12.1. The van der Waals surface area contributed by atoms with Crippen LogP contribution < -0.4 is 10.1 Å². The quantitative estimate of drug-likeness (QED) is 0.545. The second-order valence-corrected chi connectivity index (χ2v) is 5.60. The summed E-state index contributed by atoms with van der Waals surface area (Å²) in [4.78, 5) is 23.4. The maximum Gasteiger partial charge on any atom is 0.335 e. The molecule has 0 radical (unpaired) electrons. The van der Waals surface area contributed by atoms with Gasteiger partial charge in [-0.15, -0.1) is 6.42 Å². The normalized spacial score (nSPS) is 11.5. The fourth-order valence-corrected chi connectivity index (χ4v) is 2.29. The van der Waals surface area contributed by atoms with E-state index in [1.165, 1.54) is 0 Å². The molecular weight excluding hydrogens is 322 g/mol. The summed E-state index contributed by atoms with van der Waals surface area (Å²) < 4.78 is 16.1. The minimum Gasteiger partial charge on any atom is -0.496 e. The Hall–Kier alpha value is -2.52. The van der Waals surface area contributed by atoms with E-state index < -0.39 is 18.0 Å². The van der Waals surface area contributed by atoms with Crippen molar-refractivity contribution in [3.05, 3.63) is 29.3 Å². The van der Waals surface area contributed by atoms with Crippen molar-refractivity contribution in [1.82, 2.24) is 5.32 Å². The standard InChI is InChI=1S/C19H25NO5/c1-6-18(21)20-12-15-10-14(8-9-16(15)23-5)11-17(25-13(3)4)19(22)24-7-2/h1,8-10,13,17H,7,11-12H2,2-5H3,(H,20,21). The number of rotatable bonds is 9. The third kappa shape index (κ3) is 6.86. The van der Waals surface area contributed by atoms with Gasteiger partial charge < -0.3 is 19.5 Å². The number of amides is 1. The molecule has 0 spiro atoms. The number of methoxy groups -OCH3 is 1. The highest BCUT2D eigenvalue weighted by molar-refractivity contribution is 5.92. The van der Waals surface area contributed by atoms with Gasteiger partial charge in [0.2, 0.25) is 0 Å². The van der Waals surface area contributed by atoms with E-state index in [2.05, 4.69) is 5.32 Å². The molecule has 0 fully saturated rings. The third-order valence-electron chi connectivity index (χ3n) is 3.32. The van der Waals surface area contributed by atoms with Crippen LogP contribution in [0.3, 0.4) is 0 Å². The Morgan fingerprint density at radius 1 is 1.32 bits per heavy atom. The highest BCUT2D eigenvalue weighted by Crippen LogP contribution is 2.21. The lowest BCUT2D eigenvalue weighted by atomic mass is 10.0. The molecule has 0 aliphatic carbocycles. The molecule has 0 aliphatic rings.